The van der Waals surface area contributed by atoms with Crippen molar-refractivity contribution >= 4 is 40.6 Å². The van der Waals surface area contributed by atoms with Crippen molar-refractivity contribution < 1.29 is 19.1 Å². The van der Waals surface area contributed by atoms with Crippen LogP contribution in [-0.2, 0) is 9.59 Å². The number of aldehydes is 1. The predicted octanol–water partition coefficient (Wildman–Crippen LogP) is 5.22. The zero-order valence-electron chi connectivity index (χ0n) is 24.0. The maximum atomic E-state index is 15.3. The van der Waals surface area contributed by atoms with Crippen molar-refractivity contribution in [2.75, 3.05) is 19.4 Å². The van der Waals surface area contributed by atoms with Gasteiger partial charge in [-0.05, 0) is 51.0 Å². The van der Waals surface area contributed by atoms with Gasteiger partial charge in [-0.25, -0.2) is 4.39 Å². The largest absolute Gasteiger partial charge is 0.481 e. The third-order valence-corrected chi connectivity index (χ3v) is 11.8. The molecule has 3 fully saturated rings. The van der Waals surface area contributed by atoms with Crippen LogP contribution in [0.5, 0.6) is 0 Å². The number of nitriles is 2. The summed E-state index contributed by atoms with van der Waals surface area (Å²) < 4.78 is 15.3. The number of aromatic amines is 1. The fraction of sp³-hybridized carbons (Fsp3) is 0.500. The maximum Gasteiger partial charge on any atom is 0.312 e. The number of nitrogens with zero attached hydrogens (tertiary/aromatic N) is 4. The summed E-state index contributed by atoms with van der Waals surface area (Å²) in [6.07, 6.45) is 1.58. The first-order valence-corrected chi connectivity index (χ1v) is 13.8. The Morgan fingerprint density at radius 1 is 1.24 bits per heavy atom. The first-order chi connectivity index (χ1) is 19.3. The number of aromatic nitrogens is 2. The summed E-state index contributed by atoms with van der Waals surface area (Å²) in [6, 6.07) is 6.04. The van der Waals surface area contributed by atoms with Crippen LogP contribution in [0.2, 0.25) is 0 Å². The second kappa shape index (κ2) is 9.06. The zero-order chi connectivity index (χ0) is 30.4. The van der Waals surface area contributed by atoms with Gasteiger partial charge >= 0.3 is 5.97 Å². The number of alkyl halides is 1. The molecule has 3 aliphatic carbocycles. The van der Waals surface area contributed by atoms with Crippen molar-refractivity contribution in [3.05, 3.63) is 45.6 Å². The number of allylic oxidation sites excluding steroid dienone is 4. The number of aliphatic carboxylic acids is 1. The molecule has 0 spiro atoms. The van der Waals surface area contributed by atoms with Gasteiger partial charge in [-0.1, -0.05) is 13.8 Å². The number of carbonyl (C=O) groups excluding carboxylic acids is 1. The van der Waals surface area contributed by atoms with Crippen molar-refractivity contribution in [2.45, 2.75) is 51.8 Å². The van der Waals surface area contributed by atoms with E-state index in [0.717, 1.165) is 11.7 Å². The molecule has 0 radical (unpaired) electrons. The van der Waals surface area contributed by atoms with Crippen molar-refractivity contribution in [3.8, 4) is 12.1 Å². The lowest BCUT2D eigenvalue weighted by atomic mass is 9.59. The lowest BCUT2D eigenvalue weighted by Gasteiger charge is -2.45. The van der Waals surface area contributed by atoms with Gasteiger partial charge in [0.05, 0.1) is 45.0 Å². The number of anilines is 1. The highest BCUT2D eigenvalue weighted by Crippen LogP contribution is 2.93. The summed E-state index contributed by atoms with van der Waals surface area (Å²) in [5.41, 5.74) is 2.11. The van der Waals surface area contributed by atoms with Gasteiger partial charge in [0.2, 0.25) is 0 Å². The molecular formula is C30H32ClFN6O3. The molecule has 6 unspecified atom stereocenters. The van der Waals surface area contributed by atoms with Crippen LogP contribution in [0.15, 0.2) is 28.6 Å². The standard InChI is InChI=1S/C19H19FN6.C11H13ClO3/c1-9-17(20)12(6-13-18(9)24-25-19(13)23-4)16-14(7-21)10(2)26(5)11(3)15(16)8-22;1-5-6(2)10(8(14)15)7-3-9(5,4-13)11(7,10)12/h6,16H,1-5H3,(H2,23,24,25);4-7H,3H2,1-2H3,(H,14,15). The van der Waals surface area contributed by atoms with E-state index < -0.39 is 33.4 Å². The number of aryl methyl sites for hydroxylation is 1. The fourth-order valence-corrected chi connectivity index (χ4v) is 9.02. The Balaban J connectivity index is 0.000000189. The predicted molar refractivity (Wildman–Crippen MR) is 151 cm³/mol. The number of halogens is 2. The first kappa shape index (κ1) is 28.6. The van der Waals surface area contributed by atoms with E-state index in [2.05, 4.69) is 27.7 Å². The summed E-state index contributed by atoms with van der Waals surface area (Å²) in [7, 11) is 3.54. The number of H-pyrrole nitrogens is 1. The summed E-state index contributed by atoms with van der Waals surface area (Å²) >= 11 is 6.43. The third kappa shape index (κ3) is 3.06. The molecule has 2 aromatic rings. The highest BCUT2D eigenvalue weighted by atomic mass is 35.5. The van der Waals surface area contributed by atoms with E-state index in [-0.39, 0.29) is 17.8 Å². The molecule has 3 N–H and O–H groups in total. The minimum Gasteiger partial charge on any atom is -0.481 e. The first-order valence-electron chi connectivity index (χ1n) is 13.5. The lowest BCUT2D eigenvalue weighted by Crippen LogP contribution is -2.49. The van der Waals surface area contributed by atoms with Gasteiger partial charge in [-0.15, -0.1) is 11.6 Å². The number of carbonyl (C=O) groups is 2. The molecule has 2 heterocycles. The Morgan fingerprint density at radius 3 is 2.27 bits per heavy atom. The Hall–Kier alpha value is -3.89. The van der Waals surface area contributed by atoms with Crippen LogP contribution in [0.1, 0.15) is 51.2 Å². The van der Waals surface area contributed by atoms with E-state index in [1.165, 1.54) is 0 Å². The number of carboxylic acid groups (broad SMARTS) is 1. The third-order valence-electron chi connectivity index (χ3n) is 10.8. The molecule has 6 atom stereocenters. The van der Waals surface area contributed by atoms with Gasteiger partial charge in [-0.3, -0.25) is 9.89 Å². The van der Waals surface area contributed by atoms with Crippen LogP contribution in [0, 0.1) is 64.0 Å². The quantitative estimate of drug-likeness (QED) is 0.331. The molecule has 0 amide bonds. The normalized spacial score (nSPS) is 33.3. The van der Waals surface area contributed by atoms with Gasteiger partial charge in [0, 0.05) is 47.4 Å². The molecule has 214 valence electrons. The SMILES string of the molecule is CC1C(C)C2(C(=O)O)C3CC1(C=O)C32Cl.CNc1n[nH]c2c(C)c(F)c(C3C(C#N)=C(C)N(C)C(C)=C3C#N)cc12. The number of hydrogen-bond donors (Lipinski definition) is 3. The molecule has 6 rings (SSSR count). The Morgan fingerprint density at radius 2 is 1.83 bits per heavy atom. The topological polar surface area (TPSA) is 146 Å². The number of nitrogens with one attached hydrogen (secondary N) is 2. The van der Waals surface area contributed by atoms with Gasteiger partial charge in [0.15, 0.2) is 5.82 Å². The molecule has 0 bridgehead atoms. The van der Waals surface area contributed by atoms with Crippen molar-refractivity contribution in [2.24, 2.45) is 28.6 Å². The Labute approximate surface area is 242 Å². The van der Waals surface area contributed by atoms with Crippen LogP contribution in [-0.4, -0.2) is 51.4 Å². The monoisotopic (exact) mass is 578 g/mol. The smallest absolute Gasteiger partial charge is 0.312 e. The minimum absolute atomic E-state index is 0.00329. The molecule has 1 aromatic heterocycles. The van der Waals surface area contributed by atoms with Crippen LogP contribution in [0.4, 0.5) is 10.2 Å². The summed E-state index contributed by atoms with van der Waals surface area (Å²) in [5, 5.41) is 39.5. The number of hydrogen-bond acceptors (Lipinski definition) is 7. The molecule has 11 heteroatoms. The summed E-state index contributed by atoms with van der Waals surface area (Å²) in [4.78, 5) is 23.7. The molecule has 0 saturated heterocycles. The second-order valence-corrected chi connectivity index (χ2v) is 12.3. The average Bonchev–Trinajstić information content (AvgIpc) is 3.17. The summed E-state index contributed by atoms with van der Waals surface area (Å²) in [5.74, 6) is -1.30. The van der Waals surface area contributed by atoms with E-state index in [0.29, 0.717) is 51.4 Å². The average molecular weight is 579 g/mol. The lowest BCUT2D eigenvalue weighted by molar-refractivity contribution is -0.147. The molecular weight excluding hydrogens is 547 g/mol. The zero-order valence-corrected chi connectivity index (χ0v) is 24.7. The fourth-order valence-electron chi connectivity index (χ4n) is 8.15. The number of rotatable bonds is 4. The summed E-state index contributed by atoms with van der Waals surface area (Å²) in [6.45, 7) is 9.16. The minimum atomic E-state index is -0.825. The van der Waals surface area contributed by atoms with Gasteiger partial charge < -0.3 is 20.1 Å². The Kier molecular flexibility index (Phi) is 6.32. The van der Waals surface area contributed by atoms with Crippen LogP contribution in [0.3, 0.4) is 0 Å². The van der Waals surface area contributed by atoms with Crippen molar-refractivity contribution in [1.29, 1.82) is 10.5 Å². The van der Waals surface area contributed by atoms with E-state index in [4.69, 9.17) is 11.6 Å². The highest BCUT2D eigenvalue weighted by Gasteiger charge is 3.00. The van der Waals surface area contributed by atoms with E-state index in [9.17, 15) is 25.2 Å². The van der Waals surface area contributed by atoms with E-state index in [1.54, 1.807) is 32.0 Å². The van der Waals surface area contributed by atoms with E-state index in [1.807, 2.05) is 27.7 Å². The molecule has 1 aromatic carbocycles. The second-order valence-electron chi connectivity index (χ2n) is 11.7. The van der Waals surface area contributed by atoms with Gasteiger partial charge in [-0.2, -0.15) is 15.6 Å². The molecule has 4 aliphatic rings. The van der Waals surface area contributed by atoms with Crippen molar-refractivity contribution in [1.82, 2.24) is 15.1 Å². The maximum absolute atomic E-state index is 15.3. The van der Waals surface area contributed by atoms with Gasteiger partial charge in [0.25, 0.3) is 0 Å². The van der Waals surface area contributed by atoms with Crippen LogP contribution >= 0.6 is 11.6 Å². The van der Waals surface area contributed by atoms with Crippen molar-refractivity contribution in [3.63, 3.8) is 0 Å². The van der Waals surface area contributed by atoms with E-state index >= 15 is 4.39 Å². The van der Waals surface area contributed by atoms with Crippen LogP contribution in [0.25, 0.3) is 10.9 Å². The molecule has 3 saturated carbocycles. The molecule has 1 aliphatic heterocycles. The highest BCUT2D eigenvalue weighted by molar-refractivity contribution is 6.33. The van der Waals surface area contributed by atoms with Gasteiger partial charge in [0.1, 0.15) is 12.1 Å². The van der Waals surface area contributed by atoms with Crippen LogP contribution < -0.4 is 5.32 Å². The Bertz CT molecular complexity index is 1650. The number of fused-ring (bicyclic) bond motifs is 2. The number of benzene rings is 1. The molecule has 9 nitrogen and oxygen atoms in total. The number of carboxylic acids is 1. The molecule has 41 heavy (non-hydrogen) atoms.